The SMILES string of the molecule is Cc1c(C(N)=O)n(C)c2ncccc12. The minimum absolute atomic E-state index is 0.414. The van der Waals surface area contributed by atoms with Gasteiger partial charge in [-0.25, -0.2) is 4.98 Å². The Balaban J connectivity index is 2.92. The summed E-state index contributed by atoms with van der Waals surface area (Å²) >= 11 is 0. The van der Waals surface area contributed by atoms with E-state index in [1.807, 2.05) is 19.1 Å². The molecule has 0 atom stereocenters. The average molecular weight is 189 g/mol. The molecule has 0 aliphatic rings. The molecule has 0 bridgehead atoms. The Morgan fingerprint density at radius 3 is 2.86 bits per heavy atom. The zero-order valence-electron chi connectivity index (χ0n) is 8.11. The lowest BCUT2D eigenvalue weighted by Crippen LogP contribution is -2.16. The molecule has 2 aromatic rings. The van der Waals surface area contributed by atoms with Gasteiger partial charge in [-0.3, -0.25) is 4.79 Å². The molecule has 0 fully saturated rings. The molecule has 0 radical (unpaired) electrons. The maximum Gasteiger partial charge on any atom is 0.265 e. The molecule has 0 saturated carbocycles. The van der Waals surface area contributed by atoms with Crippen molar-refractivity contribution < 1.29 is 4.79 Å². The number of carbonyl (C=O) groups excluding carboxylic acids is 1. The third-order valence-electron chi connectivity index (χ3n) is 2.43. The molecule has 14 heavy (non-hydrogen) atoms. The lowest BCUT2D eigenvalue weighted by atomic mass is 10.2. The number of nitrogens with zero attached hydrogens (tertiary/aromatic N) is 2. The van der Waals surface area contributed by atoms with Gasteiger partial charge >= 0.3 is 0 Å². The second-order valence-corrected chi connectivity index (χ2v) is 3.27. The van der Waals surface area contributed by atoms with Crippen molar-refractivity contribution in [1.82, 2.24) is 9.55 Å². The van der Waals surface area contributed by atoms with Gasteiger partial charge in [-0.05, 0) is 24.6 Å². The van der Waals surface area contributed by atoms with E-state index in [9.17, 15) is 4.79 Å². The Morgan fingerprint density at radius 1 is 1.57 bits per heavy atom. The molecule has 2 rings (SSSR count). The van der Waals surface area contributed by atoms with Gasteiger partial charge in [0.2, 0.25) is 0 Å². The molecule has 2 heterocycles. The van der Waals surface area contributed by atoms with Gasteiger partial charge in [0.1, 0.15) is 11.3 Å². The number of aromatic nitrogens is 2. The standard InChI is InChI=1S/C10H11N3O/c1-6-7-4-3-5-12-10(7)13(2)8(6)9(11)14/h3-5H,1-2H3,(H2,11,14). The zero-order chi connectivity index (χ0) is 10.3. The molecular weight excluding hydrogens is 178 g/mol. The average Bonchev–Trinajstić information content (AvgIpc) is 2.41. The number of carbonyl (C=O) groups is 1. The van der Waals surface area contributed by atoms with Crippen LogP contribution >= 0.6 is 0 Å². The van der Waals surface area contributed by atoms with Crippen LogP contribution in [-0.2, 0) is 7.05 Å². The molecule has 0 spiro atoms. The Labute approximate surface area is 81.3 Å². The molecule has 72 valence electrons. The van der Waals surface area contributed by atoms with E-state index < -0.39 is 5.91 Å². The number of hydrogen-bond donors (Lipinski definition) is 1. The van der Waals surface area contributed by atoms with Gasteiger partial charge in [0.15, 0.2) is 0 Å². The smallest absolute Gasteiger partial charge is 0.265 e. The van der Waals surface area contributed by atoms with E-state index in [0.29, 0.717) is 5.69 Å². The maximum absolute atomic E-state index is 11.2. The zero-order valence-corrected chi connectivity index (χ0v) is 8.11. The van der Waals surface area contributed by atoms with Crippen molar-refractivity contribution in [3.63, 3.8) is 0 Å². The van der Waals surface area contributed by atoms with Crippen LogP contribution in [0.2, 0.25) is 0 Å². The third kappa shape index (κ3) is 1.00. The normalized spacial score (nSPS) is 10.7. The summed E-state index contributed by atoms with van der Waals surface area (Å²) < 4.78 is 1.73. The van der Waals surface area contributed by atoms with Crippen LogP contribution in [0.25, 0.3) is 11.0 Å². The summed E-state index contributed by atoms with van der Waals surface area (Å²) in [6.07, 6.45) is 1.70. The van der Waals surface area contributed by atoms with Gasteiger partial charge in [-0.2, -0.15) is 0 Å². The largest absolute Gasteiger partial charge is 0.364 e. The van der Waals surface area contributed by atoms with Crippen LogP contribution in [0.1, 0.15) is 16.1 Å². The number of rotatable bonds is 1. The van der Waals surface area contributed by atoms with Crippen LogP contribution in [0.5, 0.6) is 0 Å². The quantitative estimate of drug-likeness (QED) is 0.726. The predicted molar refractivity (Wildman–Crippen MR) is 54.0 cm³/mol. The van der Waals surface area contributed by atoms with Crippen LogP contribution in [0.4, 0.5) is 0 Å². The van der Waals surface area contributed by atoms with Crippen LogP contribution in [-0.4, -0.2) is 15.5 Å². The Kier molecular flexibility index (Phi) is 1.77. The minimum atomic E-state index is -0.414. The first-order valence-electron chi connectivity index (χ1n) is 4.32. The first-order chi connectivity index (χ1) is 6.63. The Bertz CT molecular complexity index is 474. The van der Waals surface area contributed by atoms with Gasteiger partial charge in [0.05, 0.1) is 0 Å². The first-order valence-corrected chi connectivity index (χ1v) is 4.32. The van der Waals surface area contributed by atoms with Crippen LogP contribution in [0.3, 0.4) is 0 Å². The topological polar surface area (TPSA) is 60.9 Å². The maximum atomic E-state index is 11.2. The highest BCUT2D eigenvalue weighted by atomic mass is 16.1. The molecule has 2 aromatic heterocycles. The molecule has 2 N–H and O–H groups in total. The molecular formula is C10H11N3O. The number of aryl methyl sites for hydroxylation is 2. The van der Waals surface area contributed by atoms with Crippen LogP contribution < -0.4 is 5.73 Å². The number of pyridine rings is 1. The molecule has 0 unspecified atom stereocenters. The third-order valence-corrected chi connectivity index (χ3v) is 2.43. The van der Waals surface area contributed by atoms with E-state index in [2.05, 4.69) is 4.98 Å². The molecule has 4 heteroatoms. The number of nitrogens with two attached hydrogens (primary N) is 1. The molecule has 1 amide bonds. The van der Waals surface area contributed by atoms with Crippen molar-refractivity contribution in [3.8, 4) is 0 Å². The van der Waals surface area contributed by atoms with Crippen molar-refractivity contribution in [1.29, 1.82) is 0 Å². The second kappa shape index (κ2) is 2.83. The number of hydrogen-bond acceptors (Lipinski definition) is 2. The molecule has 0 aromatic carbocycles. The second-order valence-electron chi connectivity index (χ2n) is 3.27. The van der Waals surface area contributed by atoms with E-state index in [1.165, 1.54) is 0 Å². The van der Waals surface area contributed by atoms with E-state index in [1.54, 1.807) is 17.8 Å². The molecule has 4 nitrogen and oxygen atoms in total. The van der Waals surface area contributed by atoms with E-state index in [4.69, 9.17) is 5.73 Å². The Morgan fingerprint density at radius 2 is 2.29 bits per heavy atom. The summed E-state index contributed by atoms with van der Waals surface area (Å²) in [4.78, 5) is 15.4. The Hall–Kier alpha value is -1.84. The number of fused-ring (bicyclic) bond motifs is 1. The van der Waals surface area contributed by atoms with Crippen molar-refractivity contribution in [2.45, 2.75) is 6.92 Å². The van der Waals surface area contributed by atoms with Gasteiger partial charge in [0, 0.05) is 18.6 Å². The van der Waals surface area contributed by atoms with Crippen molar-refractivity contribution in [3.05, 3.63) is 29.6 Å². The van der Waals surface area contributed by atoms with Gasteiger partial charge in [-0.1, -0.05) is 0 Å². The summed E-state index contributed by atoms with van der Waals surface area (Å²) in [5, 5.41) is 0.976. The highest BCUT2D eigenvalue weighted by molar-refractivity contribution is 5.99. The van der Waals surface area contributed by atoms with E-state index in [-0.39, 0.29) is 0 Å². The fourth-order valence-electron chi connectivity index (χ4n) is 1.79. The van der Waals surface area contributed by atoms with Crippen molar-refractivity contribution >= 4 is 16.9 Å². The highest BCUT2D eigenvalue weighted by Gasteiger charge is 2.15. The van der Waals surface area contributed by atoms with Crippen LogP contribution in [0.15, 0.2) is 18.3 Å². The minimum Gasteiger partial charge on any atom is -0.364 e. The van der Waals surface area contributed by atoms with Gasteiger partial charge < -0.3 is 10.3 Å². The first kappa shape index (κ1) is 8.74. The van der Waals surface area contributed by atoms with Gasteiger partial charge in [-0.15, -0.1) is 0 Å². The van der Waals surface area contributed by atoms with E-state index in [0.717, 1.165) is 16.6 Å². The lowest BCUT2D eigenvalue weighted by Gasteiger charge is -1.98. The fourth-order valence-corrected chi connectivity index (χ4v) is 1.79. The van der Waals surface area contributed by atoms with Gasteiger partial charge in [0.25, 0.3) is 5.91 Å². The summed E-state index contributed by atoms with van der Waals surface area (Å²) in [5.74, 6) is -0.414. The summed E-state index contributed by atoms with van der Waals surface area (Å²) in [6.45, 7) is 1.88. The van der Waals surface area contributed by atoms with Crippen molar-refractivity contribution in [2.75, 3.05) is 0 Å². The number of primary amides is 1. The highest BCUT2D eigenvalue weighted by Crippen LogP contribution is 2.21. The monoisotopic (exact) mass is 189 g/mol. The van der Waals surface area contributed by atoms with E-state index >= 15 is 0 Å². The summed E-state index contributed by atoms with van der Waals surface area (Å²) in [7, 11) is 1.79. The summed E-state index contributed by atoms with van der Waals surface area (Å²) in [6, 6.07) is 3.78. The molecule has 0 saturated heterocycles. The molecule has 0 aliphatic heterocycles. The molecule has 0 aliphatic carbocycles. The van der Waals surface area contributed by atoms with Crippen molar-refractivity contribution in [2.24, 2.45) is 12.8 Å². The predicted octanol–water partition coefficient (Wildman–Crippen LogP) is 0.981. The lowest BCUT2D eigenvalue weighted by molar-refractivity contribution is 0.0992. The van der Waals surface area contributed by atoms with Crippen LogP contribution in [0, 0.1) is 6.92 Å². The fraction of sp³-hybridized carbons (Fsp3) is 0.200. The number of amides is 1. The summed E-state index contributed by atoms with van der Waals surface area (Å²) in [5.41, 5.74) is 7.50.